The standard InChI is InChI=1S/C25H39N7O2/c1-18(2)8-9-20(16-19-17-28-22-7-5-4-6-21(19)22)29-24(33)23(26)30-25(27)32-12-10-31(11-13-32)14-15-34-3/h4-7,17-18,20,28H,8-16H2,1-3H3,(H,29,33)(H3,26,27,30). The number of aliphatic imine (C=N–C) groups is 1. The third kappa shape index (κ3) is 7.30. The molecular formula is C25H39N7O2. The molecule has 3 rings (SSSR count). The quantitative estimate of drug-likeness (QED) is 0.331. The van der Waals surface area contributed by atoms with Crippen molar-refractivity contribution in [1.82, 2.24) is 20.1 Å². The van der Waals surface area contributed by atoms with E-state index in [0.29, 0.717) is 32.0 Å². The van der Waals surface area contributed by atoms with E-state index in [2.05, 4.69) is 40.1 Å². The highest BCUT2D eigenvalue weighted by Crippen LogP contribution is 2.21. The smallest absolute Gasteiger partial charge is 0.286 e. The molecule has 0 bridgehead atoms. The zero-order valence-electron chi connectivity index (χ0n) is 20.6. The number of para-hydroxylation sites is 1. The Kier molecular flexibility index (Phi) is 9.47. The number of hydrogen-bond donors (Lipinski definition) is 4. The zero-order valence-corrected chi connectivity index (χ0v) is 20.6. The van der Waals surface area contributed by atoms with Gasteiger partial charge in [0, 0.05) is 63.0 Å². The predicted molar refractivity (Wildman–Crippen MR) is 137 cm³/mol. The van der Waals surface area contributed by atoms with Crippen LogP contribution in [0.5, 0.6) is 0 Å². The molecule has 0 aliphatic carbocycles. The minimum absolute atomic E-state index is 0.0365. The third-order valence-electron chi connectivity index (χ3n) is 6.31. The lowest BCUT2D eigenvalue weighted by Crippen LogP contribution is -2.50. The molecular weight excluding hydrogens is 430 g/mol. The predicted octanol–water partition coefficient (Wildman–Crippen LogP) is 2.19. The molecule has 0 radical (unpaired) electrons. The summed E-state index contributed by atoms with van der Waals surface area (Å²) < 4.78 is 5.13. The first kappa shape index (κ1) is 25.7. The Morgan fingerprint density at radius 2 is 1.97 bits per heavy atom. The fourth-order valence-corrected chi connectivity index (χ4v) is 4.22. The monoisotopic (exact) mass is 469 g/mol. The van der Waals surface area contributed by atoms with Gasteiger partial charge in [-0.25, -0.2) is 0 Å². The molecule has 1 atom stereocenters. The number of nitrogens with zero attached hydrogens (tertiary/aromatic N) is 3. The molecule has 1 amide bonds. The van der Waals surface area contributed by atoms with Gasteiger partial charge < -0.3 is 25.7 Å². The molecule has 9 heteroatoms. The summed E-state index contributed by atoms with van der Waals surface area (Å²) in [7, 11) is 1.70. The van der Waals surface area contributed by atoms with Crippen molar-refractivity contribution >= 4 is 28.6 Å². The van der Waals surface area contributed by atoms with Crippen molar-refractivity contribution in [2.45, 2.75) is 39.2 Å². The first-order valence-electron chi connectivity index (χ1n) is 12.1. The number of nitrogens with one attached hydrogen (secondary N) is 3. The van der Waals surface area contributed by atoms with E-state index >= 15 is 0 Å². The molecule has 0 spiro atoms. The van der Waals surface area contributed by atoms with Gasteiger partial charge in [0.25, 0.3) is 5.91 Å². The number of guanidine groups is 1. The number of rotatable bonds is 9. The Morgan fingerprint density at radius 3 is 2.68 bits per heavy atom. The zero-order chi connectivity index (χ0) is 24.5. The molecule has 2 heterocycles. The number of methoxy groups -OCH3 is 1. The van der Waals surface area contributed by atoms with Crippen LogP contribution in [0, 0.1) is 11.3 Å². The normalized spacial score (nSPS) is 16.2. The lowest BCUT2D eigenvalue weighted by atomic mass is 9.97. The van der Waals surface area contributed by atoms with Gasteiger partial charge in [0.2, 0.25) is 5.96 Å². The number of aromatic nitrogens is 1. The van der Waals surface area contributed by atoms with Gasteiger partial charge in [0.1, 0.15) is 0 Å². The summed E-state index contributed by atoms with van der Waals surface area (Å²) in [5.41, 5.74) is 8.28. The third-order valence-corrected chi connectivity index (χ3v) is 6.31. The van der Waals surface area contributed by atoms with Crippen molar-refractivity contribution in [2.75, 3.05) is 46.4 Å². The van der Waals surface area contributed by atoms with Gasteiger partial charge in [-0.2, -0.15) is 4.99 Å². The highest BCUT2D eigenvalue weighted by atomic mass is 16.5. The van der Waals surface area contributed by atoms with Crippen molar-refractivity contribution in [2.24, 2.45) is 16.6 Å². The average molecular weight is 470 g/mol. The second-order valence-electron chi connectivity index (χ2n) is 9.35. The minimum atomic E-state index is -0.419. The van der Waals surface area contributed by atoms with E-state index < -0.39 is 5.91 Å². The molecule has 1 aromatic carbocycles. The second kappa shape index (κ2) is 12.5. The number of fused-ring (bicyclic) bond motifs is 1. The number of carbonyl (C=O) groups excluding carboxylic acids is 1. The highest BCUT2D eigenvalue weighted by Gasteiger charge is 2.21. The van der Waals surface area contributed by atoms with Gasteiger partial charge in [0.05, 0.1) is 6.61 Å². The van der Waals surface area contributed by atoms with Gasteiger partial charge in [-0.15, -0.1) is 0 Å². The van der Waals surface area contributed by atoms with Crippen LogP contribution in [0.25, 0.3) is 10.9 Å². The topological polar surface area (TPSA) is 123 Å². The number of ether oxygens (including phenoxy) is 1. The maximum atomic E-state index is 12.9. The SMILES string of the molecule is COCCN1CCN(C(=N)/N=C(\N)C(=O)NC(CCC(C)C)Cc2c[nH]c3ccccc23)CC1. The molecule has 1 aliphatic heterocycles. The van der Waals surface area contributed by atoms with Crippen molar-refractivity contribution in [3.63, 3.8) is 0 Å². The van der Waals surface area contributed by atoms with Crippen LogP contribution in [0.15, 0.2) is 35.5 Å². The molecule has 34 heavy (non-hydrogen) atoms. The van der Waals surface area contributed by atoms with Gasteiger partial charge in [-0.05, 0) is 36.8 Å². The summed E-state index contributed by atoms with van der Waals surface area (Å²) in [5.74, 6) is -0.0177. The largest absolute Gasteiger partial charge is 0.383 e. The molecule has 186 valence electrons. The number of carbonyl (C=O) groups is 1. The molecule has 1 fully saturated rings. The lowest BCUT2D eigenvalue weighted by Gasteiger charge is -2.34. The molecule has 5 N–H and O–H groups in total. The van der Waals surface area contributed by atoms with Crippen LogP contribution >= 0.6 is 0 Å². The van der Waals surface area contributed by atoms with E-state index in [1.807, 2.05) is 29.3 Å². The van der Waals surface area contributed by atoms with Crippen LogP contribution in [-0.2, 0) is 16.0 Å². The van der Waals surface area contributed by atoms with Crippen molar-refractivity contribution in [3.8, 4) is 0 Å². The maximum absolute atomic E-state index is 12.9. The average Bonchev–Trinajstić information content (AvgIpc) is 3.24. The summed E-state index contributed by atoms with van der Waals surface area (Å²) in [4.78, 5) is 24.4. The van der Waals surface area contributed by atoms with Gasteiger partial charge in [-0.3, -0.25) is 15.1 Å². The van der Waals surface area contributed by atoms with Crippen LogP contribution in [-0.4, -0.2) is 85.0 Å². The molecule has 1 saturated heterocycles. The molecule has 1 unspecified atom stereocenters. The summed E-state index contributed by atoms with van der Waals surface area (Å²) in [6.07, 6.45) is 4.56. The molecule has 2 aromatic rings. The number of amides is 1. The summed E-state index contributed by atoms with van der Waals surface area (Å²) >= 11 is 0. The van der Waals surface area contributed by atoms with Crippen LogP contribution < -0.4 is 11.1 Å². The van der Waals surface area contributed by atoms with E-state index in [-0.39, 0.29) is 17.8 Å². The van der Waals surface area contributed by atoms with Gasteiger partial charge in [-0.1, -0.05) is 32.0 Å². The summed E-state index contributed by atoms with van der Waals surface area (Å²) in [5, 5.41) is 12.5. The van der Waals surface area contributed by atoms with Gasteiger partial charge >= 0.3 is 0 Å². The first-order valence-corrected chi connectivity index (χ1v) is 12.1. The van der Waals surface area contributed by atoms with Crippen molar-refractivity contribution < 1.29 is 9.53 Å². The maximum Gasteiger partial charge on any atom is 0.286 e. The summed E-state index contributed by atoms with van der Waals surface area (Å²) in [6, 6.07) is 8.10. The molecule has 9 nitrogen and oxygen atoms in total. The van der Waals surface area contributed by atoms with Crippen LogP contribution in [0.4, 0.5) is 0 Å². The number of aromatic amines is 1. The Balaban J connectivity index is 1.60. The number of H-pyrrole nitrogens is 1. The van der Waals surface area contributed by atoms with E-state index in [1.54, 1.807) is 7.11 Å². The number of nitrogens with two attached hydrogens (primary N) is 1. The number of benzene rings is 1. The fourth-order valence-electron chi connectivity index (χ4n) is 4.22. The van der Waals surface area contributed by atoms with E-state index in [9.17, 15) is 4.79 Å². The highest BCUT2D eigenvalue weighted by molar-refractivity contribution is 6.38. The van der Waals surface area contributed by atoms with Crippen LogP contribution in [0.3, 0.4) is 0 Å². The van der Waals surface area contributed by atoms with Crippen molar-refractivity contribution in [1.29, 1.82) is 5.41 Å². The van der Waals surface area contributed by atoms with E-state index in [1.165, 1.54) is 10.9 Å². The molecule has 0 saturated carbocycles. The molecule has 1 aromatic heterocycles. The fraction of sp³-hybridized carbons (Fsp3) is 0.560. The summed E-state index contributed by atoms with van der Waals surface area (Å²) in [6.45, 7) is 8.94. The number of piperazine rings is 1. The Labute approximate surface area is 202 Å². The van der Waals surface area contributed by atoms with Crippen LogP contribution in [0.1, 0.15) is 32.3 Å². The lowest BCUT2D eigenvalue weighted by molar-refractivity contribution is -0.115. The first-order chi connectivity index (χ1) is 16.4. The van der Waals surface area contributed by atoms with Crippen LogP contribution in [0.2, 0.25) is 0 Å². The minimum Gasteiger partial charge on any atom is -0.383 e. The number of amidine groups is 1. The molecule has 1 aliphatic rings. The Morgan fingerprint density at radius 1 is 1.24 bits per heavy atom. The Hall–Kier alpha value is -2.91. The van der Waals surface area contributed by atoms with E-state index in [4.69, 9.17) is 15.9 Å². The second-order valence-corrected chi connectivity index (χ2v) is 9.35. The van der Waals surface area contributed by atoms with Crippen molar-refractivity contribution in [3.05, 3.63) is 36.0 Å². The Bertz CT molecular complexity index is 977. The number of hydrogen-bond acceptors (Lipinski definition) is 4. The van der Waals surface area contributed by atoms with E-state index in [0.717, 1.165) is 38.0 Å². The van der Waals surface area contributed by atoms with Gasteiger partial charge in [0.15, 0.2) is 5.84 Å².